The van der Waals surface area contributed by atoms with Gasteiger partial charge in [-0.3, -0.25) is 4.79 Å². The Balaban J connectivity index is 0.00000338. The number of hydrogen-bond donors (Lipinski definition) is 2. The minimum atomic E-state index is -4.87. The highest BCUT2D eigenvalue weighted by Crippen LogP contribution is 2.35. The van der Waals surface area contributed by atoms with E-state index in [-0.39, 0.29) is 34.8 Å². The lowest BCUT2D eigenvalue weighted by atomic mass is 10.1. The molecule has 0 bridgehead atoms. The third-order valence-electron chi connectivity index (χ3n) is 2.98. The standard InChI is InChI=1S/C14H14Cl2F3N5O.ClH/c1-13(2,20)6-22-12(25)8-5-23-24(10(8)14(17,18)19)11-9(16)3-7(15)4-21-11;/h3-5H,6,20H2,1-2H3,(H,22,25);1H. The van der Waals surface area contributed by atoms with Crippen LogP contribution in [0.5, 0.6) is 0 Å². The van der Waals surface area contributed by atoms with E-state index >= 15 is 0 Å². The van der Waals surface area contributed by atoms with Gasteiger partial charge in [0.25, 0.3) is 5.91 Å². The molecule has 0 unspecified atom stereocenters. The number of nitrogens with zero attached hydrogens (tertiary/aromatic N) is 3. The number of rotatable bonds is 4. The number of hydrogen-bond acceptors (Lipinski definition) is 4. The lowest BCUT2D eigenvalue weighted by Gasteiger charge is -2.19. The first-order chi connectivity index (χ1) is 11.4. The van der Waals surface area contributed by atoms with Crippen LogP contribution in [0.15, 0.2) is 18.5 Å². The number of nitrogens with two attached hydrogens (primary N) is 1. The van der Waals surface area contributed by atoms with Crippen molar-refractivity contribution in [2.75, 3.05) is 6.54 Å². The van der Waals surface area contributed by atoms with Gasteiger partial charge in [0.15, 0.2) is 11.5 Å². The fourth-order valence-electron chi connectivity index (χ4n) is 1.91. The second-order valence-corrected chi connectivity index (χ2v) is 6.79. The van der Waals surface area contributed by atoms with Crippen LogP contribution in [0.4, 0.5) is 13.2 Å². The van der Waals surface area contributed by atoms with E-state index in [4.69, 9.17) is 28.9 Å². The zero-order valence-corrected chi connectivity index (χ0v) is 15.9. The normalized spacial score (nSPS) is 11.8. The van der Waals surface area contributed by atoms with Crippen LogP contribution >= 0.6 is 35.6 Å². The summed E-state index contributed by atoms with van der Waals surface area (Å²) in [5.41, 5.74) is 2.97. The highest BCUT2D eigenvalue weighted by Gasteiger charge is 2.41. The summed E-state index contributed by atoms with van der Waals surface area (Å²) in [4.78, 5) is 15.9. The van der Waals surface area contributed by atoms with Crippen molar-refractivity contribution in [1.82, 2.24) is 20.1 Å². The predicted molar refractivity (Wildman–Crippen MR) is 94.2 cm³/mol. The molecule has 0 saturated carbocycles. The van der Waals surface area contributed by atoms with Crippen LogP contribution in [0.3, 0.4) is 0 Å². The molecular weight excluding hydrogens is 418 g/mol. The average Bonchev–Trinajstić information content (AvgIpc) is 2.88. The molecule has 144 valence electrons. The van der Waals surface area contributed by atoms with Crippen LogP contribution in [0.1, 0.15) is 29.9 Å². The van der Waals surface area contributed by atoms with Gasteiger partial charge in [-0.15, -0.1) is 12.4 Å². The SMILES string of the molecule is CC(C)(N)CNC(=O)c1cnn(-c2ncc(Cl)cc2Cl)c1C(F)(F)F.Cl. The monoisotopic (exact) mass is 431 g/mol. The van der Waals surface area contributed by atoms with Crippen LogP contribution in [0.2, 0.25) is 10.0 Å². The fraction of sp³-hybridized carbons (Fsp3) is 0.357. The maximum absolute atomic E-state index is 13.5. The molecule has 0 fully saturated rings. The minimum Gasteiger partial charge on any atom is -0.350 e. The lowest BCUT2D eigenvalue weighted by molar-refractivity contribution is -0.143. The Bertz CT molecular complexity index is 802. The van der Waals surface area contributed by atoms with Gasteiger partial charge in [-0.05, 0) is 19.9 Å². The third-order valence-corrected chi connectivity index (χ3v) is 3.46. The van der Waals surface area contributed by atoms with Crippen LogP contribution in [-0.4, -0.2) is 32.8 Å². The number of pyridine rings is 1. The summed E-state index contributed by atoms with van der Waals surface area (Å²) in [5, 5.41) is 5.98. The van der Waals surface area contributed by atoms with E-state index in [9.17, 15) is 18.0 Å². The third kappa shape index (κ3) is 5.23. The Morgan fingerprint density at radius 1 is 1.31 bits per heavy atom. The van der Waals surface area contributed by atoms with Crippen molar-refractivity contribution >= 4 is 41.5 Å². The van der Waals surface area contributed by atoms with Gasteiger partial charge in [-0.25, -0.2) is 9.67 Å². The lowest BCUT2D eigenvalue weighted by Crippen LogP contribution is -2.45. The fourth-order valence-corrected chi connectivity index (χ4v) is 2.37. The van der Waals surface area contributed by atoms with E-state index in [1.165, 1.54) is 6.07 Å². The van der Waals surface area contributed by atoms with Gasteiger partial charge in [-0.1, -0.05) is 23.2 Å². The maximum atomic E-state index is 13.5. The van der Waals surface area contributed by atoms with Crippen molar-refractivity contribution in [2.24, 2.45) is 5.73 Å². The van der Waals surface area contributed by atoms with Gasteiger partial charge >= 0.3 is 6.18 Å². The molecule has 0 aliphatic carbocycles. The number of carbonyl (C=O) groups excluding carboxylic acids is 1. The van der Waals surface area contributed by atoms with Gasteiger partial charge in [0.1, 0.15) is 0 Å². The largest absolute Gasteiger partial charge is 0.434 e. The Morgan fingerprint density at radius 2 is 1.92 bits per heavy atom. The van der Waals surface area contributed by atoms with Crippen LogP contribution in [0, 0.1) is 0 Å². The zero-order valence-electron chi connectivity index (χ0n) is 13.6. The molecule has 0 aliphatic rings. The van der Waals surface area contributed by atoms with Gasteiger partial charge in [0, 0.05) is 18.3 Å². The highest BCUT2D eigenvalue weighted by atomic mass is 35.5. The quantitative estimate of drug-likeness (QED) is 0.774. The second-order valence-electron chi connectivity index (χ2n) is 5.95. The Kier molecular flexibility index (Phi) is 6.92. The summed E-state index contributed by atoms with van der Waals surface area (Å²) in [6, 6.07) is 1.23. The minimum absolute atomic E-state index is 0. The highest BCUT2D eigenvalue weighted by molar-refractivity contribution is 6.35. The summed E-state index contributed by atoms with van der Waals surface area (Å²) in [6.07, 6.45) is -2.94. The maximum Gasteiger partial charge on any atom is 0.434 e. The Hall–Kier alpha value is -1.55. The van der Waals surface area contributed by atoms with E-state index in [1.54, 1.807) is 13.8 Å². The van der Waals surface area contributed by atoms with Crippen LogP contribution < -0.4 is 11.1 Å². The predicted octanol–water partition coefficient (Wildman–Crippen LogP) is 3.48. The molecule has 6 nitrogen and oxygen atoms in total. The molecule has 26 heavy (non-hydrogen) atoms. The molecule has 2 aromatic rings. The summed E-state index contributed by atoms with van der Waals surface area (Å²) in [6.45, 7) is 3.23. The van der Waals surface area contributed by atoms with Crippen molar-refractivity contribution in [3.05, 3.63) is 39.8 Å². The molecule has 0 aromatic carbocycles. The first-order valence-corrected chi connectivity index (χ1v) is 7.69. The average molecular weight is 433 g/mol. The molecule has 12 heteroatoms. The van der Waals surface area contributed by atoms with Crippen molar-refractivity contribution < 1.29 is 18.0 Å². The molecule has 0 aliphatic heterocycles. The first-order valence-electron chi connectivity index (χ1n) is 6.94. The first kappa shape index (κ1) is 22.5. The van der Waals surface area contributed by atoms with Crippen molar-refractivity contribution in [3.63, 3.8) is 0 Å². The molecule has 2 aromatic heterocycles. The van der Waals surface area contributed by atoms with Crippen molar-refractivity contribution in [1.29, 1.82) is 0 Å². The molecule has 0 atom stereocenters. The summed E-state index contributed by atoms with van der Waals surface area (Å²) >= 11 is 11.6. The molecule has 3 N–H and O–H groups in total. The molecule has 2 rings (SSSR count). The second kappa shape index (κ2) is 7.99. The van der Waals surface area contributed by atoms with Crippen molar-refractivity contribution in [3.8, 4) is 5.82 Å². The summed E-state index contributed by atoms with van der Waals surface area (Å²) in [7, 11) is 0. The Morgan fingerprint density at radius 3 is 2.42 bits per heavy atom. The van der Waals surface area contributed by atoms with Crippen LogP contribution in [-0.2, 0) is 6.18 Å². The number of amides is 1. The molecule has 0 radical (unpaired) electrons. The Labute approximate surface area is 163 Å². The van der Waals surface area contributed by atoms with Gasteiger partial charge in [-0.2, -0.15) is 18.3 Å². The number of nitrogens with one attached hydrogen (secondary N) is 1. The molecule has 0 saturated heterocycles. The van der Waals surface area contributed by atoms with Crippen molar-refractivity contribution in [2.45, 2.75) is 25.6 Å². The van der Waals surface area contributed by atoms with Gasteiger partial charge in [0.05, 0.1) is 21.8 Å². The van der Waals surface area contributed by atoms with E-state index in [2.05, 4.69) is 15.4 Å². The summed E-state index contributed by atoms with van der Waals surface area (Å²) < 4.78 is 41.0. The number of carbonyl (C=O) groups is 1. The topological polar surface area (TPSA) is 85.8 Å². The number of aromatic nitrogens is 3. The van der Waals surface area contributed by atoms with Crippen LogP contribution in [0.25, 0.3) is 5.82 Å². The molecule has 2 heterocycles. The number of alkyl halides is 3. The van der Waals surface area contributed by atoms with E-state index < -0.39 is 28.9 Å². The van der Waals surface area contributed by atoms with Gasteiger partial charge < -0.3 is 11.1 Å². The summed E-state index contributed by atoms with van der Waals surface area (Å²) in [5.74, 6) is -1.25. The molecular formula is C14H15Cl3F3N5O. The van der Waals surface area contributed by atoms with E-state index in [0.29, 0.717) is 4.68 Å². The molecule has 1 amide bonds. The van der Waals surface area contributed by atoms with Gasteiger partial charge in [0.2, 0.25) is 0 Å². The smallest absolute Gasteiger partial charge is 0.350 e. The molecule has 0 spiro atoms. The van der Waals surface area contributed by atoms with E-state index in [1.807, 2.05) is 0 Å². The zero-order chi connectivity index (χ0) is 19.0. The number of halogens is 6. The van der Waals surface area contributed by atoms with E-state index in [0.717, 1.165) is 12.4 Å².